The lowest BCUT2D eigenvalue weighted by molar-refractivity contribution is -0.147. The second-order valence-corrected chi connectivity index (χ2v) is 8.30. The molecule has 0 amide bonds. The van der Waals surface area contributed by atoms with Crippen molar-refractivity contribution >= 4 is 15.8 Å². The molecule has 7 heteroatoms. The lowest BCUT2D eigenvalue weighted by atomic mass is 10.0. The fourth-order valence-electron chi connectivity index (χ4n) is 3.46. The van der Waals surface area contributed by atoms with Crippen LogP contribution in [0.2, 0.25) is 0 Å². The number of nitrogens with zero attached hydrogens (tertiary/aromatic N) is 1. The van der Waals surface area contributed by atoms with Crippen LogP contribution < -0.4 is 4.74 Å². The van der Waals surface area contributed by atoms with Crippen LogP contribution in [0.25, 0.3) is 0 Å². The van der Waals surface area contributed by atoms with Gasteiger partial charge in [-0.3, -0.25) is 4.79 Å². The first-order valence-electron chi connectivity index (χ1n) is 8.44. The molecule has 0 aromatic heterocycles. The van der Waals surface area contributed by atoms with Crippen molar-refractivity contribution in [1.29, 1.82) is 5.26 Å². The van der Waals surface area contributed by atoms with Crippen molar-refractivity contribution in [3.05, 3.63) is 60.2 Å². The van der Waals surface area contributed by atoms with Crippen LogP contribution >= 0.6 is 0 Å². The summed E-state index contributed by atoms with van der Waals surface area (Å²) in [6, 6.07) is 16.5. The Kier molecular flexibility index (Phi) is 4.94. The molecule has 0 bridgehead atoms. The average Bonchev–Trinajstić information content (AvgIpc) is 3.40. The number of carbonyl (C=O) groups is 1. The fraction of sp³-hybridized carbons (Fsp3) is 0.300. The molecular formula is C20H19NO5S. The van der Waals surface area contributed by atoms with E-state index >= 15 is 0 Å². The zero-order valence-electron chi connectivity index (χ0n) is 15.0. The van der Waals surface area contributed by atoms with Gasteiger partial charge in [-0.1, -0.05) is 30.3 Å². The maximum absolute atomic E-state index is 13.2. The van der Waals surface area contributed by atoms with Crippen molar-refractivity contribution in [2.75, 3.05) is 13.7 Å². The first-order valence-corrected chi connectivity index (χ1v) is 9.99. The van der Waals surface area contributed by atoms with Crippen molar-refractivity contribution in [1.82, 2.24) is 0 Å². The number of carbonyl (C=O) groups excluding carboxylic acids is 1. The third kappa shape index (κ3) is 2.96. The maximum Gasteiger partial charge on any atom is 0.328 e. The van der Waals surface area contributed by atoms with E-state index in [1.807, 2.05) is 6.07 Å². The normalized spacial score (nSPS) is 23.9. The Morgan fingerprint density at radius 3 is 2.30 bits per heavy atom. The van der Waals surface area contributed by atoms with Gasteiger partial charge < -0.3 is 9.47 Å². The molecule has 1 fully saturated rings. The highest BCUT2D eigenvalue weighted by molar-refractivity contribution is 7.92. The summed E-state index contributed by atoms with van der Waals surface area (Å²) in [5.41, 5.74) is -1.19. The Balaban J connectivity index is 2.11. The Morgan fingerprint density at radius 2 is 1.78 bits per heavy atom. The summed E-state index contributed by atoms with van der Waals surface area (Å²) in [5.74, 6) is -1.02. The van der Waals surface area contributed by atoms with Crippen LogP contribution in [0.1, 0.15) is 18.4 Å². The molecule has 0 saturated heterocycles. The molecule has 0 unspecified atom stereocenters. The van der Waals surface area contributed by atoms with E-state index in [2.05, 4.69) is 0 Å². The molecular weight excluding hydrogens is 366 g/mol. The van der Waals surface area contributed by atoms with Crippen LogP contribution in [0.15, 0.2) is 59.5 Å². The zero-order chi connectivity index (χ0) is 19.7. The van der Waals surface area contributed by atoms with Crippen molar-refractivity contribution in [2.24, 2.45) is 5.41 Å². The summed E-state index contributed by atoms with van der Waals surface area (Å²) >= 11 is 0. The predicted molar refractivity (Wildman–Crippen MR) is 97.8 cm³/mol. The van der Waals surface area contributed by atoms with Gasteiger partial charge in [0.25, 0.3) is 0 Å². The molecule has 1 aliphatic carbocycles. The quantitative estimate of drug-likeness (QED) is 0.710. The van der Waals surface area contributed by atoms with Gasteiger partial charge in [0.2, 0.25) is 0 Å². The second-order valence-electron chi connectivity index (χ2n) is 6.23. The smallest absolute Gasteiger partial charge is 0.328 e. The van der Waals surface area contributed by atoms with Gasteiger partial charge in [0, 0.05) is 5.92 Å². The summed E-state index contributed by atoms with van der Waals surface area (Å²) in [6.45, 7) is 1.68. The number of rotatable bonds is 6. The molecule has 2 aromatic rings. The largest absolute Gasteiger partial charge is 0.497 e. The lowest BCUT2D eigenvalue weighted by Gasteiger charge is -2.09. The number of esters is 1. The molecule has 3 atom stereocenters. The van der Waals surface area contributed by atoms with E-state index in [-0.39, 0.29) is 11.5 Å². The van der Waals surface area contributed by atoms with E-state index in [4.69, 9.17) is 9.47 Å². The van der Waals surface area contributed by atoms with Crippen molar-refractivity contribution in [2.45, 2.75) is 23.0 Å². The number of methoxy groups -OCH3 is 1. The van der Waals surface area contributed by atoms with E-state index < -0.39 is 32.4 Å². The number of benzene rings is 2. The van der Waals surface area contributed by atoms with Crippen molar-refractivity contribution in [3.8, 4) is 11.8 Å². The third-order valence-corrected chi connectivity index (χ3v) is 7.05. The first-order chi connectivity index (χ1) is 12.9. The lowest BCUT2D eigenvalue weighted by Crippen LogP contribution is -2.25. The number of nitriles is 1. The van der Waals surface area contributed by atoms with Gasteiger partial charge >= 0.3 is 5.97 Å². The SMILES string of the molecule is CCOC(=O)[C@@]1(C#N)[C@H](S(=O)(=O)c2ccccc2)[C@@H]1c1ccc(OC)cc1. The van der Waals surface area contributed by atoms with Gasteiger partial charge in [0.1, 0.15) is 11.0 Å². The molecule has 0 aliphatic heterocycles. The predicted octanol–water partition coefficient (Wildman–Crippen LogP) is 2.71. The number of sulfone groups is 1. The second kappa shape index (κ2) is 7.05. The van der Waals surface area contributed by atoms with E-state index in [1.54, 1.807) is 49.4 Å². The number of hydrogen-bond donors (Lipinski definition) is 0. The molecule has 1 saturated carbocycles. The fourth-order valence-corrected chi connectivity index (χ4v) is 5.72. The molecule has 140 valence electrons. The van der Waals surface area contributed by atoms with Gasteiger partial charge in [0.05, 0.1) is 24.7 Å². The highest BCUT2D eigenvalue weighted by atomic mass is 32.2. The minimum Gasteiger partial charge on any atom is -0.497 e. The Labute approximate surface area is 158 Å². The summed E-state index contributed by atoms with van der Waals surface area (Å²) < 4.78 is 36.6. The molecule has 0 radical (unpaired) electrons. The summed E-state index contributed by atoms with van der Waals surface area (Å²) in [6.07, 6.45) is 0. The minimum absolute atomic E-state index is 0.0652. The van der Waals surface area contributed by atoms with E-state index in [9.17, 15) is 18.5 Å². The molecule has 1 aliphatic rings. The third-order valence-electron chi connectivity index (χ3n) is 4.81. The monoisotopic (exact) mass is 385 g/mol. The van der Waals surface area contributed by atoms with Gasteiger partial charge in [-0.2, -0.15) is 5.26 Å². The Bertz CT molecular complexity index is 979. The van der Waals surface area contributed by atoms with Crippen LogP contribution in [0.5, 0.6) is 5.75 Å². The van der Waals surface area contributed by atoms with Crippen LogP contribution in [-0.4, -0.2) is 33.4 Å². The molecule has 6 nitrogen and oxygen atoms in total. The van der Waals surface area contributed by atoms with E-state index in [0.29, 0.717) is 11.3 Å². The summed E-state index contributed by atoms with van der Waals surface area (Å²) in [7, 11) is -2.40. The highest BCUT2D eigenvalue weighted by Crippen LogP contribution is 2.64. The summed E-state index contributed by atoms with van der Waals surface area (Å²) in [4.78, 5) is 12.7. The minimum atomic E-state index is -3.92. The number of hydrogen-bond acceptors (Lipinski definition) is 6. The van der Waals surface area contributed by atoms with Crippen LogP contribution in [-0.2, 0) is 19.4 Å². The average molecular weight is 385 g/mol. The molecule has 0 heterocycles. The summed E-state index contributed by atoms with van der Waals surface area (Å²) in [5, 5.41) is 8.62. The molecule has 2 aromatic carbocycles. The van der Waals surface area contributed by atoms with Gasteiger partial charge in [0.15, 0.2) is 15.3 Å². The first kappa shape index (κ1) is 18.9. The van der Waals surface area contributed by atoms with Crippen molar-refractivity contribution < 1.29 is 22.7 Å². The van der Waals surface area contributed by atoms with Crippen LogP contribution in [0, 0.1) is 16.7 Å². The van der Waals surface area contributed by atoms with Gasteiger partial charge in [-0.25, -0.2) is 8.42 Å². The Morgan fingerprint density at radius 1 is 1.15 bits per heavy atom. The Hall–Kier alpha value is -2.85. The molecule has 0 N–H and O–H groups in total. The highest BCUT2D eigenvalue weighted by Gasteiger charge is 2.77. The van der Waals surface area contributed by atoms with E-state index in [0.717, 1.165) is 0 Å². The maximum atomic E-state index is 13.2. The van der Waals surface area contributed by atoms with Gasteiger partial charge in [-0.15, -0.1) is 0 Å². The molecule has 3 rings (SSSR count). The van der Waals surface area contributed by atoms with E-state index in [1.165, 1.54) is 19.2 Å². The molecule has 27 heavy (non-hydrogen) atoms. The van der Waals surface area contributed by atoms with Gasteiger partial charge in [-0.05, 0) is 36.8 Å². The van der Waals surface area contributed by atoms with Crippen molar-refractivity contribution in [3.63, 3.8) is 0 Å². The zero-order valence-corrected chi connectivity index (χ0v) is 15.8. The van der Waals surface area contributed by atoms with Crippen LogP contribution in [0.3, 0.4) is 0 Å². The topological polar surface area (TPSA) is 93.5 Å². The standard InChI is InChI=1S/C20H19NO5S/c1-3-26-19(22)20(13-21)17(14-9-11-15(25-2)12-10-14)18(20)27(23,24)16-7-5-4-6-8-16/h4-12,17-18H,3H2,1-2H3/t17-,18+,20+/m0/s1. The number of ether oxygens (including phenoxy) is 2. The molecule has 0 spiro atoms. The van der Waals surface area contributed by atoms with Crippen LogP contribution in [0.4, 0.5) is 0 Å².